The van der Waals surface area contributed by atoms with Gasteiger partial charge in [0, 0.05) is 5.56 Å². The van der Waals surface area contributed by atoms with Crippen LogP contribution in [0.2, 0.25) is 0 Å². The molecular weight excluding hydrogens is 392 g/mol. The molecule has 30 heavy (non-hydrogen) atoms. The van der Waals surface area contributed by atoms with Crippen molar-refractivity contribution in [2.45, 2.75) is 91.9 Å². The second kappa shape index (κ2) is 16.3. The number of hydrogen-bond acceptors (Lipinski definition) is 4. The summed E-state index contributed by atoms with van der Waals surface area (Å²) in [5, 5.41) is 0.511. The molecule has 0 spiro atoms. The smallest absolute Gasteiger partial charge is 0.338 e. The monoisotopic (exact) mass is 434 g/mol. The van der Waals surface area contributed by atoms with E-state index in [0.717, 1.165) is 18.4 Å². The number of benzene rings is 1. The Hall–Kier alpha value is -1.42. The zero-order chi connectivity index (χ0) is 22.2. The van der Waals surface area contributed by atoms with Gasteiger partial charge in [-0.15, -0.1) is 0 Å². The van der Waals surface area contributed by atoms with E-state index in [1.165, 1.54) is 51.4 Å². The van der Waals surface area contributed by atoms with Gasteiger partial charge in [-0.05, 0) is 67.6 Å². The molecule has 3 nitrogen and oxygen atoms in total. The molecule has 0 amide bonds. The largest absolute Gasteiger partial charge is 0.483 e. The van der Waals surface area contributed by atoms with Crippen molar-refractivity contribution < 1.29 is 14.3 Å². The van der Waals surface area contributed by atoms with Gasteiger partial charge in [-0.25, -0.2) is 4.79 Å². The van der Waals surface area contributed by atoms with E-state index in [2.05, 4.69) is 27.7 Å². The van der Waals surface area contributed by atoms with E-state index in [-0.39, 0.29) is 5.97 Å². The summed E-state index contributed by atoms with van der Waals surface area (Å²) < 4.78 is 11.4. The van der Waals surface area contributed by atoms with Crippen molar-refractivity contribution in [1.29, 1.82) is 0 Å². The highest BCUT2D eigenvalue weighted by Crippen LogP contribution is 2.18. The maximum Gasteiger partial charge on any atom is 0.338 e. The van der Waals surface area contributed by atoms with Crippen LogP contribution >= 0.6 is 12.2 Å². The first-order valence-corrected chi connectivity index (χ1v) is 12.4. The Balaban J connectivity index is 2.51. The van der Waals surface area contributed by atoms with Gasteiger partial charge in [-0.3, -0.25) is 0 Å². The topological polar surface area (TPSA) is 35.5 Å². The molecule has 1 aromatic rings. The standard InChI is InChI=1S/C26H42O3S/c1-5-9-11-14-22(12-7-3)20-29-26(30)24-17-15-23(16-18-24)25(27)28-19-21(8-4)13-10-6-2/h15-18,21-22H,5-14,19-20H2,1-4H3. The van der Waals surface area contributed by atoms with Crippen molar-refractivity contribution in [1.82, 2.24) is 0 Å². The van der Waals surface area contributed by atoms with E-state index >= 15 is 0 Å². The van der Waals surface area contributed by atoms with Crippen LogP contribution in [0.25, 0.3) is 0 Å². The van der Waals surface area contributed by atoms with E-state index in [1.54, 1.807) is 12.1 Å². The zero-order valence-electron chi connectivity index (χ0n) is 19.6. The van der Waals surface area contributed by atoms with Gasteiger partial charge in [-0.2, -0.15) is 0 Å². The Labute approximate surface area is 189 Å². The van der Waals surface area contributed by atoms with E-state index in [1.807, 2.05) is 12.1 Å². The van der Waals surface area contributed by atoms with Crippen LogP contribution in [-0.2, 0) is 9.47 Å². The molecule has 0 N–H and O–H groups in total. The highest BCUT2D eigenvalue weighted by Gasteiger charge is 2.14. The SMILES string of the molecule is CCCCCC(CCC)COC(=S)c1ccc(C(=O)OCC(CC)CCCC)cc1. The molecule has 0 heterocycles. The van der Waals surface area contributed by atoms with Crippen LogP contribution in [0.4, 0.5) is 0 Å². The van der Waals surface area contributed by atoms with Gasteiger partial charge in [0.05, 0.1) is 18.8 Å². The van der Waals surface area contributed by atoms with Gasteiger partial charge in [0.25, 0.3) is 0 Å². The summed E-state index contributed by atoms with van der Waals surface area (Å²) in [6.45, 7) is 9.96. The van der Waals surface area contributed by atoms with Crippen molar-refractivity contribution >= 4 is 23.2 Å². The minimum absolute atomic E-state index is 0.262. The fourth-order valence-corrected chi connectivity index (χ4v) is 3.80. The molecule has 0 saturated heterocycles. The fraction of sp³-hybridized carbons (Fsp3) is 0.692. The first-order chi connectivity index (χ1) is 14.5. The number of rotatable bonds is 16. The first-order valence-electron chi connectivity index (χ1n) is 12.0. The number of carbonyl (C=O) groups is 1. The van der Waals surface area contributed by atoms with E-state index in [4.69, 9.17) is 21.7 Å². The van der Waals surface area contributed by atoms with E-state index in [0.29, 0.717) is 35.7 Å². The third-order valence-corrected chi connectivity index (χ3v) is 6.07. The van der Waals surface area contributed by atoms with Crippen LogP contribution < -0.4 is 0 Å². The third kappa shape index (κ3) is 10.6. The van der Waals surface area contributed by atoms with E-state index in [9.17, 15) is 4.79 Å². The number of esters is 1. The molecule has 170 valence electrons. The maximum absolute atomic E-state index is 12.3. The molecule has 4 heteroatoms. The molecule has 2 atom stereocenters. The minimum Gasteiger partial charge on any atom is -0.483 e. The predicted molar refractivity (Wildman–Crippen MR) is 130 cm³/mol. The summed E-state index contributed by atoms with van der Waals surface area (Å²) in [6.07, 6.45) is 11.8. The number of carbonyl (C=O) groups excluding carboxylic acids is 1. The number of hydrogen-bond donors (Lipinski definition) is 0. The summed E-state index contributed by atoms with van der Waals surface area (Å²) in [5.74, 6) is 0.748. The second-order valence-electron chi connectivity index (χ2n) is 8.34. The summed E-state index contributed by atoms with van der Waals surface area (Å²) in [6, 6.07) is 7.29. The van der Waals surface area contributed by atoms with Gasteiger partial charge >= 0.3 is 5.97 Å². The number of ether oxygens (including phenoxy) is 2. The molecule has 0 saturated carbocycles. The molecule has 0 aliphatic heterocycles. The van der Waals surface area contributed by atoms with Gasteiger partial charge in [-0.1, -0.05) is 72.6 Å². The Kier molecular flexibility index (Phi) is 14.5. The van der Waals surface area contributed by atoms with Crippen molar-refractivity contribution in [3.05, 3.63) is 35.4 Å². The molecule has 0 aliphatic rings. The quantitative estimate of drug-likeness (QED) is 0.151. The van der Waals surface area contributed by atoms with Gasteiger partial charge in [0.15, 0.2) is 5.05 Å². The molecular formula is C26H42O3S. The lowest BCUT2D eigenvalue weighted by Crippen LogP contribution is -2.15. The Bertz CT molecular complexity index is 597. The highest BCUT2D eigenvalue weighted by molar-refractivity contribution is 7.80. The molecule has 0 radical (unpaired) electrons. The van der Waals surface area contributed by atoms with Crippen LogP contribution in [0.1, 0.15) is 108 Å². The third-order valence-electron chi connectivity index (χ3n) is 5.71. The predicted octanol–water partition coefficient (Wildman–Crippen LogP) is 7.75. The summed E-state index contributed by atoms with van der Waals surface area (Å²) in [7, 11) is 0. The average molecular weight is 435 g/mol. The van der Waals surface area contributed by atoms with Crippen LogP contribution in [0.5, 0.6) is 0 Å². The molecule has 0 aromatic heterocycles. The summed E-state index contributed by atoms with van der Waals surface area (Å²) >= 11 is 5.47. The Morgan fingerprint density at radius 3 is 1.97 bits per heavy atom. The maximum atomic E-state index is 12.3. The van der Waals surface area contributed by atoms with Crippen molar-refractivity contribution in [2.75, 3.05) is 13.2 Å². The van der Waals surface area contributed by atoms with Gasteiger partial charge in [0.2, 0.25) is 0 Å². The van der Waals surface area contributed by atoms with Crippen LogP contribution in [0.15, 0.2) is 24.3 Å². The Morgan fingerprint density at radius 1 is 0.767 bits per heavy atom. The number of unbranched alkanes of at least 4 members (excludes halogenated alkanes) is 3. The lowest BCUT2D eigenvalue weighted by Gasteiger charge is -2.17. The lowest BCUT2D eigenvalue weighted by atomic mass is 9.97. The Morgan fingerprint density at radius 2 is 1.37 bits per heavy atom. The van der Waals surface area contributed by atoms with Crippen LogP contribution in [-0.4, -0.2) is 24.2 Å². The van der Waals surface area contributed by atoms with Crippen molar-refractivity contribution in [3.63, 3.8) is 0 Å². The molecule has 1 rings (SSSR count). The lowest BCUT2D eigenvalue weighted by molar-refractivity contribution is 0.0428. The summed E-state index contributed by atoms with van der Waals surface area (Å²) in [5.41, 5.74) is 1.41. The normalized spacial score (nSPS) is 12.9. The molecule has 1 aromatic carbocycles. The minimum atomic E-state index is -0.262. The second-order valence-corrected chi connectivity index (χ2v) is 8.71. The van der Waals surface area contributed by atoms with Crippen molar-refractivity contribution in [3.8, 4) is 0 Å². The fourth-order valence-electron chi connectivity index (χ4n) is 3.60. The van der Waals surface area contributed by atoms with Crippen LogP contribution in [0, 0.1) is 11.8 Å². The average Bonchev–Trinajstić information content (AvgIpc) is 2.77. The first kappa shape index (κ1) is 26.6. The molecule has 0 fully saturated rings. The molecule has 2 unspecified atom stereocenters. The van der Waals surface area contributed by atoms with Crippen molar-refractivity contribution in [2.24, 2.45) is 11.8 Å². The van der Waals surface area contributed by atoms with E-state index < -0.39 is 0 Å². The summed E-state index contributed by atoms with van der Waals surface area (Å²) in [4.78, 5) is 12.3. The van der Waals surface area contributed by atoms with Gasteiger partial charge in [0.1, 0.15) is 0 Å². The van der Waals surface area contributed by atoms with Gasteiger partial charge < -0.3 is 9.47 Å². The molecule has 0 aliphatic carbocycles. The van der Waals surface area contributed by atoms with Crippen LogP contribution in [0.3, 0.4) is 0 Å². The highest BCUT2D eigenvalue weighted by atomic mass is 32.1. The zero-order valence-corrected chi connectivity index (χ0v) is 20.4. The molecule has 0 bridgehead atoms. The number of thiocarbonyl (C=S) groups is 1.